The van der Waals surface area contributed by atoms with Crippen LogP contribution in [0.4, 0.5) is 0 Å². The third kappa shape index (κ3) is 2.08. The van der Waals surface area contributed by atoms with Crippen LogP contribution in [0.3, 0.4) is 0 Å². The summed E-state index contributed by atoms with van der Waals surface area (Å²) in [5.41, 5.74) is 2.74. The number of benzene rings is 1. The van der Waals surface area contributed by atoms with E-state index in [9.17, 15) is 4.79 Å². The first-order valence-electron chi connectivity index (χ1n) is 6.61. The highest BCUT2D eigenvalue weighted by atomic mass is 16.2. The second-order valence-electron chi connectivity index (χ2n) is 5.40. The molecule has 1 aliphatic heterocycles. The molecule has 0 aromatic heterocycles. The number of hydrogen-bond acceptors (Lipinski definition) is 1. The molecule has 1 atom stereocenters. The number of nitrogens with zero attached hydrogens (tertiary/aromatic N) is 1. The van der Waals surface area contributed by atoms with E-state index in [0.29, 0.717) is 11.8 Å². The predicted octanol–water partition coefficient (Wildman–Crippen LogP) is 2.62. The van der Waals surface area contributed by atoms with Gasteiger partial charge in [-0.05, 0) is 36.3 Å². The topological polar surface area (TPSA) is 20.3 Å². The summed E-state index contributed by atoms with van der Waals surface area (Å²) in [6, 6.07) is 8.48. The number of hydrogen-bond donors (Lipinski definition) is 0. The lowest BCUT2D eigenvalue weighted by molar-refractivity contribution is -0.136. The maximum absolute atomic E-state index is 12.3. The summed E-state index contributed by atoms with van der Waals surface area (Å²) in [4.78, 5) is 14.4. The minimum Gasteiger partial charge on any atom is -0.338 e. The summed E-state index contributed by atoms with van der Waals surface area (Å²) >= 11 is 0. The zero-order valence-corrected chi connectivity index (χ0v) is 10.4. The fraction of sp³-hybridized carbons (Fsp3) is 0.533. The second kappa shape index (κ2) is 4.17. The van der Waals surface area contributed by atoms with E-state index in [4.69, 9.17) is 0 Å². The molecule has 0 spiro atoms. The molecule has 1 aromatic carbocycles. The first-order valence-corrected chi connectivity index (χ1v) is 6.61. The van der Waals surface area contributed by atoms with E-state index in [-0.39, 0.29) is 5.92 Å². The molecule has 1 unspecified atom stereocenters. The first kappa shape index (κ1) is 10.8. The molecule has 1 fully saturated rings. The molecule has 0 N–H and O–H groups in total. The Morgan fingerprint density at radius 2 is 2.00 bits per heavy atom. The molecule has 17 heavy (non-hydrogen) atoms. The number of carbonyl (C=O) groups excluding carboxylic acids is 1. The van der Waals surface area contributed by atoms with E-state index < -0.39 is 0 Å². The van der Waals surface area contributed by atoms with E-state index in [1.54, 1.807) is 0 Å². The monoisotopic (exact) mass is 229 g/mol. The average Bonchev–Trinajstić information content (AvgIpc) is 3.21. The maximum atomic E-state index is 12.3. The summed E-state index contributed by atoms with van der Waals surface area (Å²) in [5, 5.41) is 0. The number of amides is 1. The van der Waals surface area contributed by atoms with Gasteiger partial charge in [-0.2, -0.15) is 0 Å². The third-order valence-electron chi connectivity index (χ3n) is 4.16. The lowest BCUT2D eigenvalue weighted by Gasteiger charge is -2.31. The zero-order valence-electron chi connectivity index (χ0n) is 10.4. The Kier molecular flexibility index (Phi) is 2.65. The van der Waals surface area contributed by atoms with Crippen LogP contribution in [0.1, 0.15) is 30.9 Å². The van der Waals surface area contributed by atoms with Crippen LogP contribution in [0.2, 0.25) is 0 Å². The summed E-state index contributed by atoms with van der Waals surface area (Å²) in [6.07, 6.45) is 3.51. The Morgan fingerprint density at radius 3 is 2.71 bits per heavy atom. The molecule has 0 bridgehead atoms. The van der Waals surface area contributed by atoms with Gasteiger partial charge in [-0.1, -0.05) is 31.2 Å². The quantitative estimate of drug-likeness (QED) is 0.763. The summed E-state index contributed by atoms with van der Waals surface area (Å²) in [6.45, 7) is 3.81. The van der Waals surface area contributed by atoms with Crippen LogP contribution < -0.4 is 0 Å². The highest BCUT2D eigenvalue weighted by Crippen LogP contribution is 2.38. The Labute approximate surface area is 103 Å². The zero-order chi connectivity index (χ0) is 11.8. The van der Waals surface area contributed by atoms with Crippen LogP contribution in [0, 0.1) is 11.8 Å². The number of rotatable bonds is 2. The second-order valence-corrected chi connectivity index (χ2v) is 5.40. The molecule has 1 aromatic rings. The first-order chi connectivity index (χ1) is 8.25. The van der Waals surface area contributed by atoms with Gasteiger partial charge in [0.2, 0.25) is 5.91 Å². The van der Waals surface area contributed by atoms with Gasteiger partial charge in [-0.15, -0.1) is 0 Å². The van der Waals surface area contributed by atoms with Crippen LogP contribution in [0.5, 0.6) is 0 Å². The van der Waals surface area contributed by atoms with Gasteiger partial charge < -0.3 is 4.90 Å². The molecule has 1 heterocycles. The van der Waals surface area contributed by atoms with Gasteiger partial charge in [0.15, 0.2) is 0 Å². The van der Waals surface area contributed by atoms with Gasteiger partial charge in [0.25, 0.3) is 0 Å². The molecule has 1 saturated carbocycles. The van der Waals surface area contributed by atoms with Crippen molar-refractivity contribution in [3.05, 3.63) is 35.4 Å². The van der Waals surface area contributed by atoms with Crippen molar-refractivity contribution in [3.63, 3.8) is 0 Å². The molecular formula is C15H19NO. The van der Waals surface area contributed by atoms with Gasteiger partial charge >= 0.3 is 0 Å². The normalized spacial score (nSPS) is 20.9. The lowest BCUT2D eigenvalue weighted by atomic mass is 9.97. The molecule has 0 radical (unpaired) electrons. The molecule has 1 aliphatic carbocycles. The van der Waals surface area contributed by atoms with Crippen molar-refractivity contribution in [2.45, 2.75) is 32.7 Å². The van der Waals surface area contributed by atoms with E-state index in [1.807, 2.05) is 4.90 Å². The Morgan fingerprint density at radius 1 is 1.29 bits per heavy atom. The van der Waals surface area contributed by atoms with Gasteiger partial charge in [-0.3, -0.25) is 4.79 Å². The Balaban J connectivity index is 1.73. The SMILES string of the molecule is CC(C(=O)N1CCc2ccccc2C1)C1CC1. The Hall–Kier alpha value is -1.31. The minimum absolute atomic E-state index is 0.236. The molecule has 2 nitrogen and oxygen atoms in total. The van der Waals surface area contributed by atoms with Crippen molar-refractivity contribution in [1.82, 2.24) is 4.90 Å². The van der Waals surface area contributed by atoms with Crippen LogP contribution in [0.15, 0.2) is 24.3 Å². The minimum atomic E-state index is 0.236. The molecule has 0 saturated heterocycles. The smallest absolute Gasteiger partial charge is 0.225 e. The fourth-order valence-corrected chi connectivity index (χ4v) is 2.77. The van der Waals surface area contributed by atoms with Crippen LogP contribution in [-0.2, 0) is 17.8 Å². The molecular weight excluding hydrogens is 210 g/mol. The highest BCUT2D eigenvalue weighted by Gasteiger charge is 2.35. The van der Waals surface area contributed by atoms with E-state index in [0.717, 1.165) is 19.5 Å². The van der Waals surface area contributed by atoms with Crippen LogP contribution in [0.25, 0.3) is 0 Å². The highest BCUT2D eigenvalue weighted by molar-refractivity contribution is 5.79. The maximum Gasteiger partial charge on any atom is 0.225 e. The van der Waals surface area contributed by atoms with Crippen molar-refractivity contribution in [1.29, 1.82) is 0 Å². The predicted molar refractivity (Wildman–Crippen MR) is 67.5 cm³/mol. The van der Waals surface area contributed by atoms with Gasteiger partial charge in [0.1, 0.15) is 0 Å². The fourth-order valence-electron chi connectivity index (χ4n) is 2.77. The van der Waals surface area contributed by atoms with Gasteiger partial charge in [0.05, 0.1) is 0 Å². The van der Waals surface area contributed by atoms with E-state index in [2.05, 4.69) is 31.2 Å². The van der Waals surface area contributed by atoms with Crippen molar-refractivity contribution >= 4 is 5.91 Å². The number of carbonyl (C=O) groups is 1. The Bertz CT molecular complexity index is 436. The molecule has 90 valence electrons. The third-order valence-corrected chi connectivity index (χ3v) is 4.16. The average molecular weight is 229 g/mol. The summed E-state index contributed by atoms with van der Waals surface area (Å²) in [5.74, 6) is 1.27. The van der Waals surface area contributed by atoms with Crippen molar-refractivity contribution in [3.8, 4) is 0 Å². The standard InChI is InChI=1S/C15H19NO/c1-11(12-6-7-12)15(17)16-9-8-13-4-2-3-5-14(13)10-16/h2-5,11-12H,6-10H2,1H3. The summed E-state index contributed by atoms with van der Waals surface area (Å²) in [7, 11) is 0. The van der Waals surface area contributed by atoms with Crippen molar-refractivity contribution in [2.24, 2.45) is 11.8 Å². The van der Waals surface area contributed by atoms with E-state index in [1.165, 1.54) is 24.0 Å². The van der Waals surface area contributed by atoms with Gasteiger partial charge in [-0.25, -0.2) is 0 Å². The van der Waals surface area contributed by atoms with Crippen LogP contribution in [-0.4, -0.2) is 17.4 Å². The molecule has 2 heteroatoms. The molecule has 2 aliphatic rings. The molecule has 1 amide bonds. The van der Waals surface area contributed by atoms with E-state index >= 15 is 0 Å². The summed E-state index contributed by atoms with van der Waals surface area (Å²) < 4.78 is 0. The lowest BCUT2D eigenvalue weighted by Crippen LogP contribution is -2.39. The largest absolute Gasteiger partial charge is 0.338 e. The molecule has 3 rings (SSSR count). The van der Waals surface area contributed by atoms with Crippen LogP contribution >= 0.6 is 0 Å². The van der Waals surface area contributed by atoms with Gasteiger partial charge in [0, 0.05) is 19.0 Å². The van der Waals surface area contributed by atoms with Crippen molar-refractivity contribution in [2.75, 3.05) is 6.54 Å². The van der Waals surface area contributed by atoms with Crippen molar-refractivity contribution < 1.29 is 4.79 Å². The number of fused-ring (bicyclic) bond motifs is 1.